The average Bonchev–Trinajstić information content (AvgIpc) is 2.33. The van der Waals surface area contributed by atoms with Crippen molar-refractivity contribution in [3.05, 3.63) is 34.3 Å². The van der Waals surface area contributed by atoms with E-state index in [2.05, 4.69) is 15.9 Å². The Balaban J connectivity index is 1.99. The van der Waals surface area contributed by atoms with Crippen molar-refractivity contribution in [3.8, 4) is 0 Å². The van der Waals surface area contributed by atoms with E-state index < -0.39 is 0 Å². The van der Waals surface area contributed by atoms with Crippen LogP contribution in [0.2, 0.25) is 0 Å². The van der Waals surface area contributed by atoms with Gasteiger partial charge in [0.2, 0.25) is 5.91 Å². The smallest absolute Gasteiger partial charge is 0.227 e. The average molecular weight is 300 g/mol. The van der Waals surface area contributed by atoms with Gasteiger partial charge in [0.25, 0.3) is 0 Å². The summed E-state index contributed by atoms with van der Waals surface area (Å²) in [6, 6.07) is 7.92. The quantitative estimate of drug-likeness (QED) is 0.836. The summed E-state index contributed by atoms with van der Waals surface area (Å²) < 4.78 is 1.02. The van der Waals surface area contributed by atoms with Crippen molar-refractivity contribution in [2.24, 2.45) is 0 Å². The van der Waals surface area contributed by atoms with Crippen molar-refractivity contribution in [1.29, 1.82) is 0 Å². The first-order valence-electron chi connectivity index (χ1n) is 5.36. The summed E-state index contributed by atoms with van der Waals surface area (Å²) >= 11 is 5.40. The number of benzene rings is 1. The van der Waals surface area contributed by atoms with E-state index in [9.17, 15) is 4.79 Å². The highest BCUT2D eigenvalue weighted by molar-refractivity contribution is 9.10. The number of halogens is 1. The van der Waals surface area contributed by atoms with Gasteiger partial charge in [-0.1, -0.05) is 34.1 Å². The maximum Gasteiger partial charge on any atom is 0.227 e. The first-order chi connectivity index (χ1) is 7.77. The topological polar surface area (TPSA) is 20.3 Å². The number of rotatable bonds is 2. The largest absolute Gasteiger partial charge is 0.341 e. The molecule has 1 amide bonds. The first kappa shape index (κ1) is 12.0. The Morgan fingerprint density at radius 3 is 2.69 bits per heavy atom. The number of nitrogens with zero attached hydrogens (tertiary/aromatic N) is 1. The van der Waals surface area contributed by atoms with Gasteiger partial charge in [-0.2, -0.15) is 11.8 Å². The monoisotopic (exact) mass is 299 g/mol. The van der Waals surface area contributed by atoms with Crippen molar-refractivity contribution in [3.63, 3.8) is 0 Å². The fraction of sp³-hybridized carbons (Fsp3) is 0.417. The number of amides is 1. The second-order valence-electron chi connectivity index (χ2n) is 3.76. The van der Waals surface area contributed by atoms with Gasteiger partial charge >= 0.3 is 0 Å². The van der Waals surface area contributed by atoms with Gasteiger partial charge < -0.3 is 4.90 Å². The van der Waals surface area contributed by atoms with Gasteiger partial charge in [0.15, 0.2) is 0 Å². The maximum atomic E-state index is 12.0. The predicted octanol–water partition coefficient (Wildman–Crippen LogP) is 2.57. The number of carbonyl (C=O) groups is 1. The van der Waals surface area contributed by atoms with Crippen molar-refractivity contribution in [1.82, 2.24) is 4.90 Å². The molecule has 0 atom stereocenters. The lowest BCUT2D eigenvalue weighted by Gasteiger charge is -2.26. The molecule has 0 spiro atoms. The second-order valence-corrected chi connectivity index (χ2v) is 5.84. The van der Waals surface area contributed by atoms with Crippen LogP contribution in [0.3, 0.4) is 0 Å². The molecule has 4 heteroatoms. The van der Waals surface area contributed by atoms with E-state index in [1.165, 1.54) is 0 Å². The number of hydrogen-bond donors (Lipinski definition) is 0. The van der Waals surface area contributed by atoms with Crippen molar-refractivity contribution in [2.75, 3.05) is 24.6 Å². The van der Waals surface area contributed by atoms with Gasteiger partial charge in [-0.25, -0.2) is 0 Å². The molecule has 1 aliphatic heterocycles. The van der Waals surface area contributed by atoms with Crippen molar-refractivity contribution < 1.29 is 4.79 Å². The van der Waals surface area contributed by atoms with E-state index in [1.807, 2.05) is 40.9 Å². The van der Waals surface area contributed by atoms with Crippen LogP contribution in [-0.2, 0) is 11.2 Å². The second kappa shape index (κ2) is 5.73. The Hall–Kier alpha value is -0.480. The molecule has 0 aliphatic carbocycles. The zero-order valence-electron chi connectivity index (χ0n) is 8.99. The molecule has 2 nitrogen and oxygen atoms in total. The predicted molar refractivity (Wildman–Crippen MR) is 71.8 cm³/mol. The molecule has 2 rings (SSSR count). The minimum atomic E-state index is 0.243. The van der Waals surface area contributed by atoms with Gasteiger partial charge in [-0.3, -0.25) is 4.79 Å². The molecule has 1 fully saturated rings. The summed E-state index contributed by atoms with van der Waals surface area (Å²) in [5, 5.41) is 0. The molecule has 0 radical (unpaired) electrons. The summed E-state index contributed by atoms with van der Waals surface area (Å²) in [5.41, 5.74) is 1.07. The highest BCUT2D eigenvalue weighted by atomic mass is 79.9. The summed E-state index contributed by atoms with van der Waals surface area (Å²) in [6.07, 6.45) is 0.506. The van der Waals surface area contributed by atoms with Crippen LogP contribution < -0.4 is 0 Å². The Morgan fingerprint density at radius 2 is 2.00 bits per heavy atom. The molecular weight excluding hydrogens is 286 g/mol. The molecule has 16 heavy (non-hydrogen) atoms. The van der Waals surface area contributed by atoms with Crippen LogP contribution in [0.15, 0.2) is 28.7 Å². The Morgan fingerprint density at radius 1 is 1.31 bits per heavy atom. The molecule has 1 saturated heterocycles. The molecule has 1 aromatic rings. The summed E-state index contributed by atoms with van der Waals surface area (Å²) in [4.78, 5) is 14.0. The van der Waals surface area contributed by atoms with Crippen LogP contribution in [0.25, 0.3) is 0 Å². The molecule has 0 bridgehead atoms. The first-order valence-corrected chi connectivity index (χ1v) is 7.31. The van der Waals surface area contributed by atoms with Gasteiger partial charge in [-0.05, 0) is 11.6 Å². The highest BCUT2D eigenvalue weighted by Gasteiger charge is 2.17. The lowest BCUT2D eigenvalue weighted by atomic mass is 10.1. The van der Waals surface area contributed by atoms with Crippen LogP contribution in [0.5, 0.6) is 0 Å². The van der Waals surface area contributed by atoms with E-state index in [-0.39, 0.29) is 5.91 Å². The molecule has 0 saturated carbocycles. The van der Waals surface area contributed by atoms with Crippen molar-refractivity contribution >= 4 is 33.6 Å². The van der Waals surface area contributed by atoms with E-state index >= 15 is 0 Å². The summed E-state index contributed by atoms with van der Waals surface area (Å²) in [7, 11) is 0. The summed E-state index contributed by atoms with van der Waals surface area (Å²) in [5.74, 6) is 2.39. The molecule has 1 aliphatic rings. The van der Waals surface area contributed by atoms with Crippen molar-refractivity contribution in [2.45, 2.75) is 6.42 Å². The lowest BCUT2D eigenvalue weighted by molar-refractivity contribution is -0.130. The van der Waals surface area contributed by atoms with Crippen LogP contribution in [-0.4, -0.2) is 35.4 Å². The van der Waals surface area contributed by atoms with E-state index in [1.54, 1.807) is 0 Å². The number of carbonyl (C=O) groups excluding carboxylic acids is 1. The molecular formula is C12H14BrNOS. The third kappa shape index (κ3) is 3.01. The standard InChI is InChI=1S/C12H14BrNOS/c13-11-4-2-1-3-10(11)9-12(15)14-5-7-16-8-6-14/h1-4H,5-9H2. The molecule has 86 valence electrons. The summed E-state index contributed by atoms with van der Waals surface area (Å²) in [6.45, 7) is 1.79. The molecule has 0 N–H and O–H groups in total. The lowest BCUT2D eigenvalue weighted by Crippen LogP contribution is -2.38. The van der Waals surface area contributed by atoms with Gasteiger partial charge in [0, 0.05) is 29.1 Å². The maximum absolute atomic E-state index is 12.0. The third-order valence-corrected chi connectivity index (χ3v) is 4.38. The van der Waals surface area contributed by atoms with Gasteiger partial charge in [-0.15, -0.1) is 0 Å². The highest BCUT2D eigenvalue weighted by Crippen LogP contribution is 2.18. The Kier molecular flexibility index (Phi) is 4.29. The normalized spacial score (nSPS) is 16.2. The van der Waals surface area contributed by atoms with E-state index in [0.717, 1.165) is 34.6 Å². The number of thioether (sulfide) groups is 1. The molecule has 0 unspecified atom stereocenters. The zero-order chi connectivity index (χ0) is 11.4. The van der Waals surface area contributed by atoms with Crippen LogP contribution in [0.4, 0.5) is 0 Å². The van der Waals surface area contributed by atoms with Gasteiger partial charge in [0.1, 0.15) is 0 Å². The fourth-order valence-electron chi connectivity index (χ4n) is 1.73. The molecule has 1 aromatic carbocycles. The zero-order valence-corrected chi connectivity index (χ0v) is 11.4. The van der Waals surface area contributed by atoms with Crippen LogP contribution in [0, 0.1) is 0 Å². The number of hydrogen-bond acceptors (Lipinski definition) is 2. The minimum absolute atomic E-state index is 0.243. The fourth-order valence-corrected chi connectivity index (χ4v) is 3.06. The van der Waals surface area contributed by atoms with Gasteiger partial charge in [0.05, 0.1) is 6.42 Å². The van der Waals surface area contributed by atoms with E-state index in [4.69, 9.17) is 0 Å². The molecule has 0 aromatic heterocycles. The van der Waals surface area contributed by atoms with E-state index in [0.29, 0.717) is 6.42 Å². The minimum Gasteiger partial charge on any atom is -0.341 e. The van der Waals surface area contributed by atoms with Crippen LogP contribution >= 0.6 is 27.7 Å². The van der Waals surface area contributed by atoms with Crippen LogP contribution in [0.1, 0.15) is 5.56 Å². The third-order valence-electron chi connectivity index (χ3n) is 2.66. The Bertz CT molecular complexity index is 377. The SMILES string of the molecule is O=C(Cc1ccccc1Br)N1CCSCC1. The Labute approximate surface area is 109 Å². The molecule has 1 heterocycles.